The molecule has 1 heterocycles. The van der Waals surface area contributed by atoms with Gasteiger partial charge in [-0.1, -0.05) is 18.2 Å². The zero-order valence-corrected chi connectivity index (χ0v) is 14.2. The number of hydrogen-bond donors (Lipinski definition) is 2. The van der Waals surface area contributed by atoms with Crippen LogP contribution in [-0.4, -0.2) is 35.2 Å². The summed E-state index contributed by atoms with van der Waals surface area (Å²) in [6.07, 6.45) is -11.7. The number of carbonyl (C=O) groups excluding carboxylic acids is 2. The number of rotatable bonds is 3. The summed E-state index contributed by atoms with van der Waals surface area (Å²) in [4.78, 5) is 23.6. The standard InChI is InChI=1S/C16H13F6NO5/c1-13(2)27-11(24)8(12(25)28-13)7-23-10-6-4-3-5-9(10)14(26,15(17,18)19)16(20,21)22/h3-7,23,26H,1-2H3. The van der Waals surface area contributed by atoms with Crippen LogP contribution in [0.3, 0.4) is 0 Å². The van der Waals surface area contributed by atoms with E-state index in [1.807, 2.05) is 5.32 Å². The predicted molar refractivity (Wildman–Crippen MR) is 80.4 cm³/mol. The number of alkyl halides is 6. The van der Waals surface area contributed by atoms with Crippen LogP contribution in [0.2, 0.25) is 0 Å². The van der Waals surface area contributed by atoms with Gasteiger partial charge in [0, 0.05) is 31.3 Å². The van der Waals surface area contributed by atoms with E-state index in [-0.39, 0.29) is 0 Å². The zero-order chi connectivity index (χ0) is 21.5. The molecule has 0 radical (unpaired) electrons. The topological polar surface area (TPSA) is 84.9 Å². The van der Waals surface area contributed by atoms with Crippen molar-refractivity contribution in [3.8, 4) is 0 Å². The molecule has 12 heteroatoms. The molecule has 0 aliphatic carbocycles. The van der Waals surface area contributed by atoms with E-state index in [0.717, 1.165) is 18.2 Å². The third-order valence-corrected chi connectivity index (χ3v) is 3.63. The molecule has 0 atom stereocenters. The number of benzene rings is 1. The van der Waals surface area contributed by atoms with Gasteiger partial charge in [0.25, 0.3) is 11.4 Å². The summed E-state index contributed by atoms with van der Waals surface area (Å²) >= 11 is 0. The van der Waals surface area contributed by atoms with Gasteiger partial charge in [0.2, 0.25) is 0 Å². The molecule has 0 unspecified atom stereocenters. The Morgan fingerprint density at radius 1 is 0.964 bits per heavy atom. The van der Waals surface area contributed by atoms with Gasteiger partial charge in [0.05, 0.1) is 0 Å². The number of ether oxygens (including phenoxy) is 2. The van der Waals surface area contributed by atoms with Crippen molar-refractivity contribution in [1.29, 1.82) is 0 Å². The number of cyclic esters (lactones) is 2. The van der Waals surface area contributed by atoms with Crippen molar-refractivity contribution in [1.82, 2.24) is 0 Å². The summed E-state index contributed by atoms with van der Waals surface area (Å²) in [7, 11) is 0. The van der Waals surface area contributed by atoms with Gasteiger partial charge < -0.3 is 19.9 Å². The molecule has 2 N–H and O–H groups in total. The normalized spacial score (nSPS) is 17.7. The van der Waals surface area contributed by atoms with Crippen LogP contribution in [-0.2, 0) is 24.7 Å². The Bertz CT molecular complexity index is 792. The molecule has 0 bridgehead atoms. The first-order chi connectivity index (χ1) is 12.6. The molecule has 28 heavy (non-hydrogen) atoms. The molecule has 1 aliphatic heterocycles. The number of aliphatic hydroxyl groups is 1. The Hall–Kier alpha value is -2.76. The maximum atomic E-state index is 13.1. The molecule has 1 fully saturated rings. The smallest absolute Gasteiger partial charge is 0.419 e. The SMILES string of the molecule is CC1(C)OC(=O)C(=CNc2ccccc2C(O)(C(F)(F)F)C(F)(F)F)C(=O)O1. The zero-order valence-electron chi connectivity index (χ0n) is 14.2. The minimum atomic E-state index is -6.11. The van der Waals surface area contributed by atoms with E-state index >= 15 is 0 Å². The second-order valence-corrected chi connectivity index (χ2v) is 6.13. The van der Waals surface area contributed by atoms with Crippen LogP contribution in [0, 0.1) is 0 Å². The van der Waals surface area contributed by atoms with Crippen molar-refractivity contribution in [2.75, 3.05) is 5.32 Å². The highest BCUT2D eigenvalue weighted by Crippen LogP contribution is 2.51. The summed E-state index contributed by atoms with van der Waals surface area (Å²) < 4.78 is 88.2. The molecular weight excluding hydrogens is 400 g/mol. The molecule has 1 aliphatic rings. The van der Waals surface area contributed by atoms with Crippen molar-refractivity contribution in [3.63, 3.8) is 0 Å². The number of carbonyl (C=O) groups is 2. The highest BCUT2D eigenvalue weighted by Gasteiger charge is 2.72. The lowest BCUT2D eigenvalue weighted by atomic mass is 9.90. The fraction of sp³-hybridized carbons (Fsp3) is 0.375. The lowest BCUT2D eigenvalue weighted by molar-refractivity contribution is -0.376. The fourth-order valence-electron chi connectivity index (χ4n) is 2.32. The van der Waals surface area contributed by atoms with E-state index in [4.69, 9.17) is 9.47 Å². The Balaban J connectivity index is 2.48. The van der Waals surface area contributed by atoms with Crippen molar-refractivity contribution in [2.24, 2.45) is 0 Å². The largest absolute Gasteiger partial charge is 0.430 e. The molecule has 1 saturated heterocycles. The first kappa shape index (κ1) is 21.5. The van der Waals surface area contributed by atoms with Crippen molar-refractivity contribution < 1.29 is 50.5 Å². The van der Waals surface area contributed by atoms with Gasteiger partial charge in [-0.3, -0.25) is 0 Å². The van der Waals surface area contributed by atoms with E-state index < -0.39 is 52.5 Å². The average Bonchev–Trinajstić information content (AvgIpc) is 2.50. The Morgan fingerprint density at radius 3 is 1.89 bits per heavy atom. The van der Waals surface area contributed by atoms with Crippen molar-refractivity contribution in [2.45, 2.75) is 37.6 Å². The Morgan fingerprint density at radius 2 is 1.43 bits per heavy atom. The van der Waals surface area contributed by atoms with E-state index in [2.05, 4.69) is 0 Å². The third-order valence-electron chi connectivity index (χ3n) is 3.63. The van der Waals surface area contributed by atoms with E-state index in [1.165, 1.54) is 13.8 Å². The van der Waals surface area contributed by atoms with E-state index in [0.29, 0.717) is 12.3 Å². The average molecular weight is 413 g/mol. The first-order valence-electron chi connectivity index (χ1n) is 7.49. The van der Waals surface area contributed by atoms with Gasteiger partial charge in [-0.15, -0.1) is 0 Å². The number of halogens is 6. The third kappa shape index (κ3) is 3.77. The van der Waals surface area contributed by atoms with Crippen molar-refractivity contribution >= 4 is 17.6 Å². The molecule has 0 spiro atoms. The second kappa shape index (κ2) is 6.69. The van der Waals surface area contributed by atoms with Gasteiger partial charge in [0.1, 0.15) is 0 Å². The van der Waals surface area contributed by atoms with Crippen LogP contribution in [0.4, 0.5) is 32.0 Å². The summed E-state index contributed by atoms with van der Waals surface area (Å²) in [6.45, 7) is 2.49. The fourth-order valence-corrected chi connectivity index (χ4v) is 2.32. The predicted octanol–water partition coefficient (Wildman–Crippen LogP) is 3.13. The quantitative estimate of drug-likeness (QED) is 0.343. The van der Waals surface area contributed by atoms with Gasteiger partial charge in [0.15, 0.2) is 5.57 Å². The molecule has 1 aromatic carbocycles. The molecular formula is C16H13F6NO5. The molecule has 0 amide bonds. The number of anilines is 1. The molecule has 0 saturated carbocycles. The maximum absolute atomic E-state index is 13.1. The molecule has 6 nitrogen and oxygen atoms in total. The van der Waals surface area contributed by atoms with Gasteiger partial charge >= 0.3 is 24.3 Å². The van der Waals surface area contributed by atoms with Crippen LogP contribution in [0.1, 0.15) is 19.4 Å². The highest BCUT2D eigenvalue weighted by atomic mass is 19.4. The van der Waals surface area contributed by atoms with E-state index in [9.17, 15) is 41.0 Å². The number of nitrogens with one attached hydrogen (secondary N) is 1. The van der Waals surface area contributed by atoms with Crippen LogP contribution in [0.5, 0.6) is 0 Å². The van der Waals surface area contributed by atoms with Crippen molar-refractivity contribution in [3.05, 3.63) is 41.6 Å². The first-order valence-corrected chi connectivity index (χ1v) is 7.49. The van der Waals surface area contributed by atoms with Crippen LogP contribution >= 0.6 is 0 Å². The van der Waals surface area contributed by atoms with Gasteiger partial charge in [-0.05, 0) is 6.07 Å². The minimum absolute atomic E-state index is 0.405. The van der Waals surface area contributed by atoms with Crippen LogP contribution < -0.4 is 5.32 Å². The summed E-state index contributed by atoms with van der Waals surface area (Å²) in [6, 6.07) is 3.13. The Labute approximate surface area is 153 Å². The second-order valence-electron chi connectivity index (χ2n) is 6.13. The molecule has 1 aromatic rings. The maximum Gasteiger partial charge on any atom is 0.430 e. The van der Waals surface area contributed by atoms with Gasteiger partial charge in [-0.2, -0.15) is 26.3 Å². The molecule has 2 rings (SSSR count). The Kier molecular flexibility index (Phi) is 5.15. The number of para-hydroxylation sites is 1. The monoisotopic (exact) mass is 413 g/mol. The minimum Gasteiger partial charge on any atom is -0.419 e. The number of hydrogen-bond acceptors (Lipinski definition) is 6. The van der Waals surface area contributed by atoms with Crippen LogP contribution in [0.15, 0.2) is 36.0 Å². The molecule has 154 valence electrons. The lowest BCUT2D eigenvalue weighted by Crippen LogP contribution is -2.54. The summed E-state index contributed by atoms with van der Waals surface area (Å²) in [5.41, 5.74) is -8.42. The summed E-state index contributed by atoms with van der Waals surface area (Å²) in [5, 5.41) is 11.5. The lowest BCUT2D eigenvalue weighted by Gasteiger charge is -2.34. The number of esters is 2. The van der Waals surface area contributed by atoms with E-state index in [1.54, 1.807) is 0 Å². The molecule has 0 aromatic heterocycles. The van der Waals surface area contributed by atoms with Gasteiger partial charge in [-0.25, -0.2) is 9.59 Å². The summed E-state index contributed by atoms with van der Waals surface area (Å²) in [5.74, 6) is -3.99. The highest BCUT2D eigenvalue weighted by molar-refractivity contribution is 6.15. The van der Waals surface area contributed by atoms with Crippen LogP contribution in [0.25, 0.3) is 0 Å².